The van der Waals surface area contributed by atoms with Crippen LogP contribution in [0.1, 0.15) is 49.2 Å². The molecule has 0 saturated carbocycles. The molecule has 3 aromatic rings. The summed E-state index contributed by atoms with van der Waals surface area (Å²) in [7, 11) is -3.92. The Hall–Kier alpha value is -3.98. The standard InChI is InChI=1S/C31H37N3O5S/c1-23(35)26-17-12-18-27(20-26)34(40(5,38)39)22-29(36)33(21-25-15-10-7-11-16-25)28(30(37)32-31(2,3)4)19-24-13-8-6-9-14-24/h6-18,20,28H,19,21-22H2,1-5H3,(H,32,37)/t28-/m1/s1. The molecule has 0 heterocycles. The summed E-state index contributed by atoms with van der Waals surface area (Å²) in [5, 5.41) is 2.99. The van der Waals surface area contributed by atoms with E-state index in [0.717, 1.165) is 21.7 Å². The lowest BCUT2D eigenvalue weighted by atomic mass is 10.0. The minimum absolute atomic E-state index is 0.0970. The summed E-state index contributed by atoms with van der Waals surface area (Å²) >= 11 is 0. The molecule has 3 rings (SSSR count). The molecule has 0 unspecified atom stereocenters. The topological polar surface area (TPSA) is 104 Å². The lowest BCUT2D eigenvalue weighted by Crippen LogP contribution is -2.56. The van der Waals surface area contributed by atoms with E-state index >= 15 is 0 Å². The third-order valence-corrected chi connectivity index (χ3v) is 7.33. The van der Waals surface area contributed by atoms with E-state index in [2.05, 4.69) is 5.32 Å². The van der Waals surface area contributed by atoms with Crippen molar-refractivity contribution in [3.8, 4) is 0 Å². The highest BCUT2D eigenvalue weighted by Gasteiger charge is 2.34. The Morgan fingerprint density at radius 1 is 0.850 bits per heavy atom. The minimum Gasteiger partial charge on any atom is -0.350 e. The van der Waals surface area contributed by atoms with Gasteiger partial charge in [0.1, 0.15) is 12.6 Å². The van der Waals surface area contributed by atoms with Crippen molar-refractivity contribution in [1.29, 1.82) is 0 Å². The van der Waals surface area contributed by atoms with Gasteiger partial charge in [-0.2, -0.15) is 0 Å². The van der Waals surface area contributed by atoms with E-state index in [1.54, 1.807) is 12.1 Å². The quantitative estimate of drug-likeness (QED) is 0.352. The van der Waals surface area contributed by atoms with Gasteiger partial charge in [0.25, 0.3) is 0 Å². The van der Waals surface area contributed by atoms with Gasteiger partial charge >= 0.3 is 0 Å². The highest BCUT2D eigenvalue weighted by molar-refractivity contribution is 7.92. The number of anilines is 1. The molecule has 1 N–H and O–H groups in total. The molecular formula is C31H37N3O5S. The fraction of sp³-hybridized carbons (Fsp3) is 0.323. The van der Waals surface area contributed by atoms with E-state index < -0.39 is 34.1 Å². The van der Waals surface area contributed by atoms with Crippen LogP contribution in [-0.2, 0) is 32.6 Å². The number of hydrogen-bond acceptors (Lipinski definition) is 5. The molecule has 0 spiro atoms. The van der Waals surface area contributed by atoms with Crippen LogP contribution < -0.4 is 9.62 Å². The number of rotatable bonds is 11. The Balaban J connectivity index is 2.07. The first-order chi connectivity index (χ1) is 18.7. The normalized spacial score (nSPS) is 12.3. The fourth-order valence-electron chi connectivity index (χ4n) is 4.28. The molecule has 212 valence electrons. The number of benzene rings is 3. The van der Waals surface area contributed by atoms with Crippen LogP contribution in [0.5, 0.6) is 0 Å². The summed E-state index contributed by atoms with van der Waals surface area (Å²) in [5.74, 6) is -1.12. The summed E-state index contributed by atoms with van der Waals surface area (Å²) in [6, 6.07) is 23.9. The average molecular weight is 564 g/mol. The summed E-state index contributed by atoms with van der Waals surface area (Å²) in [4.78, 5) is 41.2. The van der Waals surface area contributed by atoms with Gasteiger partial charge in [-0.15, -0.1) is 0 Å². The maximum Gasteiger partial charge on any atom is 0.244 e. The van der Waals surface area contributed by atoms with Crippen molar-refractivity contribution < 1.29 is 22.8 Å². The number of sulfonamides is 1. The van der Waals surface area contributed by atoms with Crippen molar-refractivity contribution in [1.82, 2.24) is 10.2 Å². The van der Waals surface area contributed by atoms with Crippen LogP contribution in [0.25, 0.3) is 0 Å². The smallest absolute Gasteiger partial charge is 0.244 e. The van der Waals surface area contributed by atoms with Crippen molar-refractivity contribution in [2.24, 2.45) is 0 Å². The van der Waals surface area contributed by atoms with Gasteiger partial charge in [0, 0.05) is 24.1 Å². The fourth-order valence-corrected chi connectivity index (χ4v) is 5.12. The number of nitrogens with zero attached hydrogens (tertiary/aromatic N) is 2. The summed E-state index contributed by atoms with van der Waals surface area (Å²) < 4.78 is 26.8. The van der Waals surface area contributed by atoms with E-state index in [1.807, 2.05) is 81.4 Å². The molecular weight excluding hydrogens is 526 g/mol. The first-order valence-electron chi connectivity index (χ1n) is 13.0. The predicted molar refractivity (Wildman–Crippen MR) is 157 cm³/mol. The molecule has 0 fully saturated rings. The third kappa shape index (κ3) is 8.77. The van der Waals surface area contributed by atoms with Crippen molar-refractivity contribution >= 4 is 33.3 Å². The molecule has 0 aliphatic heterocycles. The van der Waals surface area contributed by atoms with Gasteiger partial charge in [-0.25, -0.2) is 8.42 Å². The van der Waals surface area contributed by atoms with Gasteiger partial charge in [-0.3, -0.25) is 18.7 Å². The van der Waals surface area contributed by atoms with Crippen LogP contribution in [0.3, 0.4) is 0 Å². The zero-order chi connectivity index (χ0) is 29.5. The van der Waals surface area contributed by atoms with E-state index in [4.69, 9.17) is 0 Å². The monoisotopic (exact) mass is 563 g/mol. The van der Waals surface area contributed by atoms with Gasteiger partial charge in [-0.05, 0) is 51.0 Å². The molecule has 9 heteroatoms. The molecule has 0 aliphatic carbocycles. The Bertz CT molecular complexity index is 1430. The van der Waals surface area contributed by atoms with Crippen LogP contribution in [0.15, 0.2) is 84.9 Å². The van der Waals surface area contributed by atoms with Crippen molar-refractivity contribution in [3.05, 3.63) is 102 Å². The van der Waals surface area contributed by atoms with Crippen LogP contribution in [0.2, 0.25) is 0 Å². The number of hydrogen-bond donors (Lipinski definition) is 1. The van der Waals surface area contributed by atoms with Crippen molar-refractivity contribution in [2.75, 3.05) is 17.1 Å². The molecule has 0 bridgehead atoms. The Kier molecular flexibility index (Phi) is 9.87. The van der Waals surface area contributed by atoms with E-state index in [-0.39, 0.29) is 30.3 Å². The molecule has 8 nitrogen and oxygen atoms in total. The summed E-state index contributed by atoms with van der Waals surface area (Å²) in [5.41, 5.74) is 1.62. The van der Waals surface area contributed by atoms with Crippen LogP contribution in [0.4, 0.5) is 5.69 Å². The zero-order valence-electron chi connectivity index (χ0n) is 23.6. The van der Waals surface area contributed by atoms with Crippen molar-refractivity contribution in [2.45, 2.75) is 52.2 Å². The highest BCUT2D eigenvalue weighted by atomic mass is 32.2. The molecule has 0 radical (unpaired) electrons. The third-order valence-electron chi connectivity index (χ3n) is 6.18. The lowest BCUT2D eigenvalue weighted by molar-refractivity contribution is -0.140. The molecule has 3 aromatic carbocycles. The predicted octanol–water partition coefficient (Wildman–Crippen LogP) is 4.21. The van der Waals surface area contributed by atoms with E-state index in [0.29, 0.717) is 5.56 Å². The number of Topliss-reactive ketones (excluding diaryl/α,β-unsaturated/α-hetero) is 1. The van der Waals surface area contributed by atoms with Gasteiger partial charge in [0.2, 0.25) is 21.8 Å². The van der Waals surface area contributed by atoms with Crippen molar-refractivity contribution in [3.63, 3.8) is 0 Å². The second kappa shape index (κ2) is 12.9. The van der Waals surface area contributed by atoms with Gasteiger partial charge < -0.3 is 10.2 Å². The number of carbonyl (C=O) groups excluding carboxylic acids is 3. The number of nitrogens with one attached hydrogen (secondary N) is 1. The summed E-state index contributed by atoms with van der Waals surface area (Å²) in [6.07, 6.45) is 1.25. The number of amides is 2. The summed E-state index contributed by atoms with van der Waals surface area (Å²) in [6.45, 7) is 6.53. The molecule has 40 heavy (non-hydrogen) atoms. The molecule has 0 aromatic heterocycles. The Labute approximate surface area is 237 Å². The molecule has 0 saturated heterocycles. The van der Waals surface area contributed by atoms with Crippen LogP contribution in [0, 0.1) is 0 Å². The van der Waals surface area contributed by atoms with Crippen LogP contribution >= 0.6 is 0 Å². The zero-order valence-corrected chi connectivity index (χ0v) is 24.4. The second-order valence-electron chi connectivity index (χ2n) is 10.8. The number of ketones is 1. The molecule has 0 aliphatic rings. The SMILES string of the molecule is CC(=O)c1cccc(N(CC(=O)N(Cc2ccccc2)[C@H](Cc2ccccc2)C(=O)NC(C)(C)C)S(C)(=O)=O)c1. The lowest BCUT2D eigenvalue weighted by Gasteiger charge is -2.35. The Morgan fingerprint density at radius 3 is 1.95 bits per heavy atom. The number of carbonyl (C=O) groups is 3. The van der Waals surface area contributed by atoms with Gasteiger partial charge in [0.05, 0.1) is 11.9 Å². The molecule has 2 amide bonds. The van der Waals surface area contributed by atoms with Crippen LogP contribution in [-0.4, -0.2) is 55.3 Å². The van der Waals surface area contributed by atoms with E-state index in [9.17, 15) is 22.8 Å². The average Bonchev–Trinajstić information content (AvgIpc) is 2.88. The first-order valence-corrected chi connectivity index (χ1v) is 14.9. The first kappa shape index (κ1) is 30.6. The molecule has 1 atom stereocenters. The Morgan fingerprint density at radius 2 is 1.43 bits per heavy atom. The largest absolute Gasteiger partial charge is 0.350 e. The second-order valence-corrected chi connectivity index (χ2v) is 12.7. The van der Waals surface area contributed by atoms with Gasteiger partial charge in [-0.1, -0.05) is 72.8 Å². The van der Waals surface area contributed by atoms with E-state index in [1.165, 1.54) is 24.0 Å². The maximum absolute atomic E-state index is 14.1. The highest BCUT2D eigenvalue weighted by Crippen LogP contribution is 2.22. The van der Waals surface area contributed by atoms with Gasteiger partial charge in [0.15, 0.2) is 5.78 Å². The minimum atomic E-state index is -3.92. The maximum atomic E-state index is 14.1.